The molecule has 0 radical (unpaired) electrons. The number of carbonyl (C=O) groups is 4. The molecule has 0 saturated heterocycles. The summed E-state index contributed by atoms with van der Waals surface area (Å²) in [5.41, 5.74) is 11.8. The molecular formula is C15H20N4O4. The van der Waals surface area contributed by atoms with Gasteiger partial charge in [0.2, 0.25) is 23.6 Å². The third kappa shape index (κ3) is 5.77. The van der Waals surface area contributed by atoms with E-state index in [1.165, 1.54) is 6.92 Å². The predicted molar refractivity (Wildman–Crippen MR) is 82.7 cm³/mol. The molecular weight excluding hydrogens is 300 g/mol. The van der Waals surface area contributed by atoms with E-state index in [1.807, 2.05) is 19.1 Å². The molecule has 0 aromatic heterocycles. The second kappa shape index (κ2) is 7.92. The van der Waals surface area contributed by atoms with Crippen LogP contribution in [0.4, 0.5) is 0 Å². The Kier molecular flexibility index (Phi) is 6.25. The number of nitrogens with one attached hydrogen (secondary N) is 2. The summed E-state index contributed by atoms with van der Waals surface area (Å²) in [5.74, 6) is -3.04. The van der Waals surface area contributed by atoms with Crippen molar-refractivity contribution in [1.29, 1.82) is 0 Å². The smallest absolute Gasteiger partial charge is 0.249 e. The molecule has 4 amide bonds. The van der Waals surface area contributed by atoms with E-state index in [1.54, 1.807) is 12.1 Å². The topological polar surface area (TPSA) is 144 Å². The zero-order valence-electron chi connectivity index (χ0n) is 13.0. The summed E-state index contributed by atoms with van der Waals surface area (Å²) in [4.78, 5) is 45.5. The SMILES string of the molecule is CC(=O)N[C@@H](CC(=O)NC(C(N)=O)C(N)=O)c1ccc(C)cc1. The van der Waals surface area contributed by atoms with Gasteiger partial charge >= 0.3 is 0 Å². The molecule has 0 heterocycles. The Bertz CT molecular complexity index is 598. The number of hydrogen-bond donors (Lipinski definition) is 4. The number of primary amides is 2. The van der Waals surface area contributed by atoms with Gasteiger partial charge in [0.25, 0.3) is 0 Å². The Morgan fingerprint density at radius 3 is 1.96 bits per heavy atom. The van der Waals surface area contributed by atoms with Gasteiger partial charge in [0, 0.05) is 6.92 Å². The largest absolute Gasteiger partial charge is 0.367 e. The first kappa shape index (κ1) is 18.1. The number of aryl methyl sites for hydroxylation is 1. The highest BCUT2D eigenvalue weighted by Crippen LogP contribution is 2.17. The third-order valence-corrected chi connectivity index (χ3v) is 3.12. The fraction of sp³-hybridized carbons (Fsp3) is 0.333. The number of rotatable bonds is 7. The molecule has 1 atom stereocenters. The van der Waals surface area contributed by atoms with Crippen LogP contribution in [0.3, 0.4) is 0 Å². The van der Waals surface area contributed by atoms with Crippen LogP contribution in [0, 0.1) is 6.92 Å². The second-order valence-corrected chi connectivity index (χ2v) is 5.17. The van der Waals surface area contributed by atoms with Crippen molar-refractivity contribution >= 4 is 23.6 Å². The van der Waals surface area contributed by atoms with Gasteiger partial charge in [-0.15, -0.1) is 0 Å². The Morgan fingerprint density at radius 2 is 1.52 bits per heavy atom. The van der Waals surface area contributed by atoms with E-state index in [4.69, 9.17) is 11.5 Å². The van der Waals surface area contributed by atoms with Crippen LogP contribution in [0.25, 0.3) is 0 Å². The Morgan fingerprint density at radius 1 is 1.00 bits per heavy atom. The first-order chi connectivity index (χ1) is 10.7. The summed E-state index contributed by atoms with van der Waals surface area (Å²) >= 11 is 0. The van der Waals surface area contributed by atoms with Crippen molar-refractivity contribution in [2.75, 3.05) is 0 Å². The third-order valence-electron chi connectivity index (χ3n) is 3.12. The lowest BCUT2D eigenvalue weighted by atomic mass is 10.0. The Balaban J connectivity index is 2.86. The van der Waals surface area contributed by atoms with Crippen molar-refractivity contribution in [2.45, 2.75) is 32.4 Å². The highest BCUT2D eigenvalue weighted by atomic mass is 16.2. The minimum absolute atomic E-state index is 0.167. The van der Waals surface area contributed by atoms with Crippen molar-refractivity contribution in [1.82, 2.24) is 10.6 Å². The van der Waals surface area contributed by atoms with E-state index in [0.717, 1.165) is 11.1 Å². The summed E-state index contributed by atoms with van der Waals surface area (Å²) in [6, 6.07) is 5.06. The van der Waals surface area contributed by atoms with Gasteiger partial charge in [-0.1, -0.05) is 29.8 Å². The van der Waals surface area contributed by atoms with Gasteiger partial charge in [-0.05, 0) is 12.5 Å². The standard InChI is InChI=1S/C15H20N4O4/c1-8-3-5-10(6-4-8)11(18-9(2)20)7-12(21)19-13(14(16)22)15(17)23/h3-6,11,13H,7H2,1-2H3,(H2,16,22)(H2,17,23)(H,18,20)(H,19,21)/t11-/m0/s1. The van der Waals surface area contributed by atoms with Crippen LogP contribution in [0.1, 0.15) is 30.5 Å². The molecule has 0 aliphatic heterocycles. The van der Waals surface area contributed by atoms with E-state index in [-0.39, 0.29) is 12.3 Å². The average molecular weight is 320 g/mol. The summed E-state index contributed by atoms with van der Waals surface area (Å²) in [5, 5.41) is 4.81. The molecule has 1 aromatic rings. The van der Waals surface area contributed by atoms with Crippen LogP contribution in [0.15, 0.2) is 24.3 Å². The van der Waals surface area contributed by atoms with E-state index >= 15 is 0 Å². The first-order valence-electron chi connectivity index (χ1n) is 6.92. The Hall–Kier alpha value is -2.90. The van der Waals surface area contributed by atoms with Gasteiger partial charge in [0.1, 0.15) is 0 Å². The zero-order valence-corrected chi connectivity index (χ0v) is 13.0. The fourth-order valence-corrected chi connectivity index (χ4v) is 1.98. The monoisotopic (exact) mass is 320 g/mol. The lowest BCUT2D eigenvalue weighted by Gasteiger charge is -2.19. The highest BCUT2D eigenvalue weighted by Gasteiger charge is 2.25. The lowest BCUT2D eigenvalue weighted by molar-refractivity contribution is -0.134. The van der Waals surface area contributed by atoms with Gasteiger partial charge in [-0.2, -0.15) is 0 Å². The normalized spacial score (nSPS) is 11.6. The van der Waals surface area contributed by atoms with Gasteiger partial charge < -0.3 is 22.1 Å². The molecule has 1 aromatic carbocycles. The zero-order chi connectivity index (χ0) is 17.6. The second-order valence-electron chi connectivity index (χ2n) is 5.17. The molecule has 0 saturated carbocycles. The fourth-order valence-electron chi connectivity index (χ4n) is 1.98. The molecule has 0 spiro atoms. The Labute approximate surface area is 133 Å². The maximum Gasteiger partial charge on any atom is 0.249 e. The molecule has 23 heavy (non-hydrogen) atoms. The molecule has 0 fully saturated rings. The number of nitrogens with two attached hydrogens (primary N) is 2. The van der Waals surface area contributed by atoms with Gasteiger partial charge in [0.05, 0.1) is 12.5 Å². The van der Waals surface area contributed by atoms with Crippen LogP contribution in [0.2, 0.25) is 0 Å². The van der Waals surface area contributed by atoms with Crippen LogP contribution in [-0.4, -0.2) is 29.7 Å². The van der Waals surface area contributed by atoms with E-state index < -0.39 is 29.8 Å². The number of amides is 4. The summed E-state index contributed by atoms with van der Waals surface area (Å²) in [6.45, 7) is 3.24. The molecule has 0 unspecified atom stereocenters. The molecule has 0 bridgehead atoms. The summed E-state index contributed by atoms with van der Waals surface area (Å²) in [6.07, 6.45) is -0.167. The average Bonchev–Trinajstić information content (AvgIpc) is 2.43. The highest BCUT2D eigenvalue weighted by molar-refractivity contribution is 6.05. The van der Waals surface area contributed by atoms with E-state index in [0.29, 0.717) is 0 Å². The predicted octanol–water partition coefficient (Wildman–Crippen LogP) is -0.982. The minimum atomic E-state index is -1.58. The molecule has 0 aliphatic carbocycles. The number of carbonyl (C=O) groups excluding carboxylic acids is 4. The molecule has 0 aliphatic rings. The van der Waals surface area contributed by atoms with Crippen LogP contribution < -0.4 is 22.1 Å². The van der Waals surface area contributed by atoms with Crippen molar-refractivity contribution in [3.05, 3.63) is 35.4 Å². The maximum atomic E-state index is 12.0. The molecule has 8 nitrogen and oxygen atoms in total. The van der Waals surface area contributed by atoms with Crippen molar-refractivity contribution < 1.29 is 19.2 Å². The molecule has 6 N–H and O–H groups in total. The number of hydrogen-bond acceptors (Lipinski definition) is 4. The van der Waals surface area contributed by atoms with Crippen molar-refractivity contribution in [2.24, 2.45) is 11.5 Å². The first-order valence-corrected chi connectivity index (χ1v) is 6.92. The maximum absolute atomic E-state index is 12.0. The van der Waals surface area contributed by atoms with Crippen LogP contribution in [-0.2, 0) is 19.2 Å². The van der Waals surface area contributed by atoms with E-state index in [9.17, 15) is 19.2 Å². The van der Waals surface area contributed by atoms with E-state index in [2.05, 4.69) is 10.6 Å². The van der Waals surface area contributed by atoms with Gasteiger partial charge in [0.15, 0.2) is 6.04 Å². The number of benzene rings is 1. The van der Waals surface area contributed by atoms with Crippen molar-refractivity contribution in [3.63, 3.8) is 0 Å². The van der Waals surface area contributed by atoms with Crippen LogP contribution >= 0.6 is 0 Å². The summed E-state index contributed by atoms with van der Waals surface area (Å²) < 4.78 is 0. The lowest BCUT2D eigenvalue weighted by Crippen LogP contribution is -2.52. The molecule has 8 heteroatoms. The summed E-state index contributed by atoms with van der Waals surface area (Å²) in [7, 11) is 0. The quantitative estimate of drug-likeness (QED) is 0.478. The van der Waals surface area contributed by atoms with Crippen LogP contribution in [0.5, 0.6) is 0 Å². The van der Waals surface area contributed by atoms with Gasteiger partial charge in [-0.3, -0.25) is 19.2 Å². The van der Waals surface area contributed by atoms with Gasteiger partial charge in [-0.25, -0.2) is 0 Å². The van der Waals surface area contributed by atoms with Crippen molar-refractivity contribution in [3.8, 4) is 0 Å². The molecule has 124 valence electrons. The molecule has 1 rings (SSSR count). The minimum Gasteiger partial charge on any atom is -0.367 e.